The summed E-state index contributed by atoms with van der Waals surface area (Å²) < 4.78 is 0. The molecule has 4 rings (SSSR count). The summed E-state index contributed by atoms with van der Waals surface area (Å²) in [4.78, 5) is 5.22. The van der Waals surface area contributed by atoms with E-state index in [1.54, 1.807) is 0 Å². The summed E-state index contributed by atoms with van der Waals surface area (Å²) >= 11 is 0. The molecule has 1 heterocycles. The van der Waals surface area contributed by atoms with Crippen LogP contribution < -0.4 is 0 Å². The first-order chi connectivity index (χ1) is 15.8. The maximum Gasteiger partial charge on any atom is 0.0446 e. The van der Waals surface area contributed by atoms with Gasteiger partial charge in [0.15, 0.2) is 0 Å². The van der Waals surface area contributed by atoms with Gasteiger partial charge < -0.3 is 5.11 Å². The number of aliphatic hydroxyl groups is 1. The molecule has 1 saturated heterocycles. The van der Waals surface area contributed by atoms with Gasteiger partial charge in [0.25, 0.3) is 0 Å². The molecule has 3 aromatic rings. The molecule has 0 aliphatic carbocycles. The predicted molar refractivity (Wildman–Crippen MR) is 133 cm³/mol. The van der Waals surface area contributed by atoms with Crippen LogP contribution in [0.4, 0.5) is 0 Å². The highest BCUT2D eigenvalue weighted by Gasteiger charge is 2.28. The van der Waals surface area contributed by atoms with E-state index < -0.39 is 0 Å². The van der Waals surface area contributed by atoms with Gasteiger partial charge >= 0.3 is 0 Å². The van der Waals surface area contributed by atoms with Crippen LogP contribution in [0.3, 0.4) is 0 Å². The Morgan fingerprint density at radius 1 is 0.781 bits per heavy atom. The summed E-state index contributed by atoms with van der Waals surface area (Å²) in [5, 5.41) is 9.72. The molecule has 1 N–H and O–H groups in total. The Morgan fingerprint density at radius 2 is 1.38 bits per heavy atom. The maximum absolute atomic E-state index is 9.72. The fraction of sp³-hybridized carbons (Fsp3) is 0.379. The summed E-state index contributed by atoms with van der Waals surface area (Å²) in [6, 6.07) is 33.0. The highest BCUT2D eigenvalue weighted by molar-refractivity contribution is 5.32. The minimum Gasteiger partial charge on any atom is -0.396 e. The van der Waals surface area contributed by atoms with Crippen LogP contribution in [0, 0.1) is 0 Å². The number of aliphatic hydroxyl groups excluding tert-OH is 1. The molecule has 0 aromatic heterocycles. The van der Waals surface area contributed by atoms with E-state index in [0.29, 0.717) is 12.0 Å². The van der Waals surface area contributed by atoms with Gasteiger partial charge in [-0.25, -0.2) is 0 Å². The van der Waals surface area contributed by atoms with Crippen LogP contribution in [0.15, 0.2) is 91.0 Å². The van der Waals surface area contributed by atoms with E-state index in [-0.39, 0.29) is 6.61 Å². The van der Waals surface area contributed by atoms with Crippen molar-refractivity contribution in [2.75, 3.05) is 39.3 Å². The smallest absolute Gasteiger partial charge is 0.0446 e. The van der Waals surface area contributed by atoms with E-state index in [2.05, 4.69) is 101 Å². The molecule has 3 nitrogen and oxygen atoms in total. The fourth-order valence-electron chi connectivity index (χ4n) is 5.00. The van der Waals surface area contributed by atoms with Crippen LogP contribution >= 0.6 is 0 Å². The van der Waals surface area contributed by atoms with Crippen molar-refractivity contribution >= 4 is 0 Å². The lowest BCUT2D eigenvalue weighted by molar-refractivity contribution is 0.0570. The normalized spacial score (nSPS) is 17.6. The van der Waals surface area contributed by atoms with Gasteiger partial charge in [-0.2, -0.15) is 0 Å². The van der Waals surface area contributed by atoms with Gasteiger partial charge in [0.05, 0.1) is 0 Å². The topological polar surface area (TPSA) is 26.7 Å². The number of nitrogens with zero attached hydrogens (tertiary/aromatic N) is 2. The van der Waals surface area contributed by atoms with Crippen LogP contribution in [-0.2, 0) is 6.42 Å². The average Bonchev–Trinajstić information content (AvgIpc) is 2.86. The van der Waals surface area contributed by atoms with E-state index in [1.165, 1.54) is 23.1 Å². The van der Waals surface area contributed by atoms with E-state index in [1.807, 2.05) is 0 Å². The standard InChI is InChI=1S/C29H36N2O/c32-22-18-28-23-30(20-21-31(28)19-10-13-25-11-4-1-5-12-25)24-29(26-14-6-2-7-15-26)27-16-8-3-9-17-27/h1-9,11-12,14-17,28-29,32H,10,13,18-24H2/t28-/m1/s1. The molecule has 0 amide bonds. The van der Waals surface area contributed by atoms with E-state index in [0.717, 1.165) is 45.6 Å². The Morgan fingerprint density at radius 3 is 1.97 bits per heavy atom. The molecular weight excluding hydrogens is 392 g/mol. The minimum absolute atomic E-state index is 0.258. The number of hydrogen-bond acceptors (Lipinski definition) is 3. The van der Waals surface area contributed by atoms with Crippen molar-refractivity contribution in [1.29, 1.82) is 0 Å². The quantitative estimate of drug-likeness (QED) is 0.502. The third-order valence-corrected chi connectivity index (χ3v) is 6.75. The van der Waals surface area contributed by atoms with E-state index in [9.17, 15) is 5.11 Å². The van der Waals surface area contributed by atoms with Crippen molar-refractivity contribution < 1.29 is 5.11 Å². The van der Waals surface area contributed by atoms with Crippen molar-refractivity contribution in [2.45, 2.75) is 31.2 Å². The van der Waals surface area contributed by atoms with Gasteiger partial charge in [-0.05, 0) is 42.5 Å². The van der Waals surface area contributed by atoms with Crippen LogP contribution in [-0.4, -0.2) is 60.3 Å². The summed E-state index contributed by atoms with van der Waals surface area (Å²) in [5.41, 5.74) is 4.17. The SMILES string of the molecule is OCC[C@@H]1CN(CC(c2ccccc2)c2ccccc2)CCN1CCCc1ccccc1. The molecule has 0 saturated carbocycles. The number of hydrogen-bond donors (Lipinski definition) is 1. The Kier molecular flexibility index (Phi) is 8.49. The Bertz CT molecular complexity index is 861. The highest BCUT2D eigenvalue weighted by Crippen LogP contribution is 2.27. The lowest BCUT2D eigenvalue weighted by Crippen LogP contribution is -2.54. The summed E-state index contributed by atoms with van der Waals surface area (Å²) in [7, 11) is 0. The molecule has 1 atom stereocenters. The van der Waals surface area contributed by atoms with Gasteiger partial charge in [-0.15, -0.1) is 0 Å². The lowest BCUT2D eigenvalue weighted by atomic mass is 9.90. The second-order valence-corrected chi connectivity index (χ2v) is 8.92. The van der Waals surface area contributed by atoms with Crippen molar-refractivity contribution in [2.24, 2.45) is 0 Å². The van der Waals surface area contributed by atoms with Crippen LogP contribution in [0.1, 0.15) is 35.4 Å². The number of benzene rings is 3. The zero-order valence-corrected chi connectivity index (χ0v) is 19.0. The first-order valence-electron chi connectivity index (χ1n) is 12.0. The number of aryl methyl sites for hydroxylation is 1. The van der Waals surface area contributed by atoms with E-state index >= 15 is 0 Å². The van der Waals surface area contributed by atoms with Crippen LogP contribution in [0.2, 0.25) is 0 Å². The first-order valence-corrected chi connectivity index (χ1v) is 12.0. The molecular formula is C29H36N2O. The summed E-state index contributed by atoms with van der Waals surface area (Å²) in [6.45, 7) is 5.58. The first kappa shape index (κ1) is 22.7. The third kappa shape index (κ3) is 6.29. The van der Waals surface area contributed by atoms with Crippen molar-refractivity contribution in [3.63, 3.8) is 0 Å². The molecule has 0 bridgehead atoms. The van der Waals surface area contributed by atoms with Crippen LogP contribution in [0.25, 0.3) is 0 Å². The monoisotopic (exact) mass is 428 g/mol. The molecule has 0 unspecified atom stereocenters. The molecule has 168 valence electrons. The van der Waals surface area contributed by atoms with Crippen molar-refractivity contribution in [3.8, 4) is 0 Å². The molecule has 1 aliphatic rings. The third-order valence-electron chi connectivity index (χ3n) is 6.75. The zero-order chi connectivity index (χ0) is 22.0. The zero-order valence-electron chi connectivity index (χ0n) is 19.0. The van der Waals surface area contributed by atoms with Crippen LogP contribution in [0.5, 0.6) is 0 Å². The van der Waals surface area contributed by atoms with Gasteiger partial charge in [0.2, 0.25) is 0 Å². The van der Waals surface area contributed by atoms with Crippen molar-refractivity contribution in [1.82, 2.24) is 9.80 Å². The summed E-state index contributed by atoms with van der Waals surface area (Å²) in [6.07, 6.45) is 3.14. The highest BCUT2D eigenvalue weighted by atomic mass is 16.3. The molecule has 32 heavy (non-hydrogen) atoms. The van der Waals surface area contributed by atoms with Gasteiger partial charge in [0.1, 0.15) is 0 Å². The molecule has 3 aromatic carbocycles. The van der Waals surface area contributed by atoms with Crippen molar-refractivity contribution in [3.05, 3.63) is 108 Å². The van der Waals surface area contributed by atoms with E-state index in [4.69, 9.17) is 0 Å². The Hall–Kier alpha value is -2.46. The second kappa shape index (κ2) is 12.0. The largest absolute Gasteiger partial charge is 0.396 e. The maximum atomic E-state index is 9.72. The molecule has 1 fully saturated rings. The molecule has 3 heteroatoms. The second-order valence-electron chi connectivity index (χ2n) is 8.92. The minimum atomic E-state index is 0.258. The van der Waals surface area contributed by atoms with Gasteiger partial charge in [0, 0.05) is 44.7 Å². The average molecular weight is 429 g/mol. The van der Waals surface area contributed by atoms with Gasteiger partial charge in [-0.3, -0.25) is 9.80 Å². The number of rotatable bonds is 10. The predicted octanol–water partition coefficient (Wildman–Crippen LogP) is 4.82. The molecule has 0 radical (unpaired) electrons. The Labute approximate surface area is 193 Å². The molecule has 0 spiro atoms. The fourth-order valence-corrected chi connectivity index (χ4v) is 5.00. The lowest BCUT2D eigenvalue weighted by Gasteiger charge is -2.42. The summed E-state index contributed by atoms with van der Waals surface area (Å²) in [5.74, 6) is 0.372. The van der Waals surface area contributed by atoms with Gasteiger partial charge in [-0.1, -0.05) is 91.0 Å². The number of piperazine rings is 1. The molecule has 1 aliphatic heterocycles. The Balaban J connectivity index is 1.38.